The Labute approximate surface area is 109 Å². The minimum absolute atomic E-state index is 0.0124. The molecule has 0 N–H and O–H groups in total. The summed E-state index contributed by atoms with van der Waals surface area (Å²) < 4.78 is 0. The Morgan fingerprint density at radius 1 is 0.706 bits per heavy atom. The van der Waals surface area contributed by atoms with E-state index in [4.69, 9.17) is 0 Å². The van der Waals surface area contributed by atoms with Crippen LogP contribution in [0.5, 0.6) is 0 Å². The van der Waals surface area contributed by atoms with E-state index in [1.165, 1.54) is 0 Å². The Kier molecular flexibility index (Phi) is 4.52. The minimum Gasteiger partial charge on any atom is -0.658 e. The first-order valence-corrected chi connectivity index (χ1v) is 6.57. The van der Waals surface area contributed by atoms with Gasteiger partial charge in [-0.3, -0.25) is 4.90 Å². The van der Waals surface area contributed by atoms with Gasteiger partial charge in [0.15, 0.2) is 0 Å². The first-order valence-electron chi connectivity index (χ1n) is 6.57. The Hall–Kier alpha value is -0.0800. The summed E-state index contributed by atoms with van der Waals surface area (Å²) in [5.41, 5.74) is 0.282. The van der Waals surface area contributed by atoms with E-state index in [0.29, 0.717) is 0 Å². The Morgan fingerprint density at radius 3 is 1.29 bits per heavy atom. The molecule has 17 heavy (non-hydrogen) atoms. The highest BCUT2D eigenvalue weighted by atomic mass is 15.3. The van der Waals surface area contributed by atoms with Crippen molar-refractivity contribution in [3.8, 4) is 0 Å². The predicted octanol–water partition coefficient (Wildman–Crippen LogP) is 4.30. The van der Waals surface area contributed by atoms with Crippen LogP contribution in [0.2, 0.25) is 0 Å². The molecule has 0 rings (SSSR count). The Bertz CT molecular complexity index is 257. The van der Waals surface area contributed by atoms with Gasteiger partial charge in [0.2, 0.25) is 0 Å². The van der Waals surface area contributed by atoms with Gasteiger partial charge in [-0.15, -0.1) is 5.54 Å². The second kappa shape index (κ2) is 4.55. The number of likely N-dealkylation sites (N-methyl/N-ethyl adjacent to an activating group) is 2. The molecule has 0 aliphatic rings. The lowest BCUT2D eigenvalue weighted by Gasteiger charge is -2.62. The van der Waals surface area contributed by atoms with E-state index in [1.807, 2.05) is 7.05 Å². The highest BCUT2D eigenvalue weighted by Crippen LogP contribution is 2.42. The van der Waals surface area contributed by atoms with E-state index >= 15 is 0 Å². The maximum absolute atomic E-state index is 4.57. The van der Waals surface area contributed by atoms with Gasteiger partial charge in [-0.1, -0.05) is 34.6 Å². The smallest absolute Gasteiger partial charge is 0.0203 e. The highest BCUT2D eigenvalue weighted by molar-refractivity contribution is 5.14. The van der Waals surface area contributed by atoms with Crippen LogP contribution in [0.1, 0.15) is 62.3 Å². The molecule has 104 valence electrons. The quantitative estimate of drug-likeness (QED) is 0.717. The number of nitrogens with zero attached hydrogens (tertiary/aromatic N) is 2. The van der Waals surface area contributed by atoms with Gasteiger partial charge in [0.1, 0.15) is 0 Å². The lowest BCUT2D eigenvalue weighted by atomic mass is 9.70. The third-order valence-electron chi connectivity index (χ3n) is 5.57. The van der Waals surface area contributed by atoms with Crippen LogP contribution >= 0.6 is 0 Å². The summed E-state index contributed by atoms with van der Waals surface area (Å²) >= 11 is 0. The fraction of sp³-hybridized carbons (Fsp3) is 1.00. The highest BCUT2D eigenvalue weighted by Gasteiger charge is 2.45. The maximum Gasteiger partial charge on any atom is 0.0203 e. The summed E-state index contributed by atoms with van der Waals surface area (Å²) in [7, 11) is 4.14. The van der Waals surface area contributed by atoms with E-state index in [9.17, 15) is 0 Å². The van der Waals surface area contributed by atoms with Crippen LogP contribution in [0.15, 0.2) is 0 Å². The largest absolute Gasteiger partial charge is 0.658 e. The standard InChI is InChI=1S/C15H33N2/c1-12(2,3)14(6,7)17(11)15(8,9)13(4,5)16-10/h1-11H3/q-1. The Morgan fingerprint density at radius 2 is 1.06 bits per heavy atom. The minimum atomic E-state index is -0.0652. The summed E-state index contributed by atoms with van der Waals surface area (Å²) in [6.07, 6.45) is 0. The van der Waals surface area contributed by atoms with Gasteiger partial charge in [0, 0.05) is 11.1 Å². The molecule has 0 unspecified atom stereocenters. The van der Waals surface area contributed by atoms with Crippen molar-refractivity contribution in [3.63, 3.8) is 0 Å². The van der Waals surface area contributed by atoms with Gasteiger partial charge < -0.3 is 5.32 Å². The molecule has 0 aliphatic heterocycles. The predicted molar refractivity (Wildman–Crippen MR) is 78.7 cm³/mol. The van der Waals surface area contributed by atoms with Gasteiger partial charge in [0.25, 0.3) is 0 Å². The molecule has 2 heteroatoms. The van der Waals surface area contributed by atoms with Crippen molar-refractivity contribution >= 4 is 0 Å². The normalized spacial score (nSPS) is 15.5. The molecule has 0 fully saturated rings. The average Bonchev–Trinajstić information content (AvgIpc) is 2.14. The van der Waals surface area contributed by atoms with E-state index in [2.05, 4.69) is 79.6 Å². The molecule has 0 bridgehead atoms. The molecule has 0 aromatic carbocycles. The van der Waals surface area contributed by atoms with Gasteiger partial charge in [0.05, 0.1) is 0 Å². The van der Waals surface area contributed by atoms with Gasteiger partial charge in [-0.05, 0) is 40.2 Å². The molecule has 0 saturated carbocycles. The molecular weight excluding hydrogens is 208 g/mol. The van der Waals surface area contributed by atoms with Gasteiger partial charge in [-0.2, -0.15) is 7.05 Å². The second-order valence-electron chi connectivity index (χ2n) is 7.71. The first kappa shape index (κ1) is 16.9. The third kappa shape index (κ3) is 2.85. The van der Waals surface area contributed by atoms with Crippen molar-refractivity contribution in [3.05, 3.63) is 5.32 Å². The van der Waals surface area contributed by atoms with Crippen molar-refractivity contribution in [1.29, 1.82) is 0 Å². The zero-order chi connectivity index (χ0) is 14.3. The molecule has 0 saturated heterocycles. The van der Waals surface area contributed by atoms with Crippen molar-refractivity contribution in [2.45, 2.75) is 78.9 Å². The van der Waals surface area contributed by atoms with Crippen LogP contribution in [-0.4, -0.2) is 35.6 Å². The molecule has 0 spiro atoms. The second-order valence-corrected chi connectivity index (χ2v) is 7.71. The van der Waals surface area contributed by atoms with Crippen molar-refractivity contribution in [2.75, 3.05) is 14.1 Å². The molecule has 0 amide bonds. The average molecular weight is 241 g/mol. The van der Waals surface area contributed by atoms with Gasteiger partial charge in [-0.25, -0.2) is 0 Å². The first-order chi connectivity index (χ1) is 7.22. The van der Waals surface area contributed by atoms with Gasteiger partial charge >= 0.3 is 0 Å². The van der Waals surface area contributed by atoms with Crippen LogP contribution in [-0.2, 0) is 0 Å². The fourth-order valence-electron chi connectivity index (χ4n) is 1.89. The molecule has 0 heterocycles. The third-order valence-corrected chi connectivity index (χ3v) is 5.57. The summed E-state index contributed by atoms with van der Waals surface area (Å²) in [6.45, 7) is 20.5. The van der Waals surface area contributed by atoms with E-state index in [0.717, 1.165) is 0 Å². The summed E-state index contributed by atoms with van der Waals surface area (Å²) in [4.78, 5) is 2.48. The van der Waals surface area contributed by atoms with Crippen LogP contribution in [0, 0.1) is 5.41 Å². The Balaban J connectivity index is 5.38. The number of hydrogen-bond acceptors (Lipinski definition) is 1. The van der Waals surface area contributed by atoms with E-state index in [-0.39, 0.29) is 22.0 Å². The zero-order valence-electron chi connectivity index (χ0n) is 13.9. The van der Waals surface area contributed by atoms with E-state index in [1.54, 1.807) is 0 Å². The lowest BCUT2D eigenvalue weighted by molar-refractivity contribution is -0.0467. The lowest BCUT2D eigenvalue weighted by Crippen LogP contribution is -2.65. The fourth-order valence-corrected chi connectivity index (χ4v) is 1.89. The maximum atomic E-state index is 4.57. The molecular formula is C15H33N2-. The summed E-state index contributed by atoms with van der Waals surface area (Å²) in [5, 5.41) is 4.57. The number of hydrogen-bond donors (Lipinski definition) is 0. The van der Waals surface area contributed by atoms with Crippen molar-refractivity contribution < 1.29 is 0 Å². The summed E-state index contributed by atoms with van der Waals surface area (Å²) in [6, 6.07) is 0. The topological polar surface area (TPSA) is 17.3 Å². The molecule has 0 aliphatic carbocycles. The molecule has 0 atom stereocenters. The summed E-state index contributed by atoms with van der Waals surface area (Å²) in [5.74, 6) is 0. The molecule has 0 aromatic rings. The van der Waals surface area contributed by atoms with Crippen LogP contribution in [0.4, 0.5) is 0 Å². The van der Waals surface area contributed by atoms with Crippen LogP contribution < -0.4 is 0 Å². The van der Waals surface area contributed by atoms with Crippen LogP contribution in [0.3, 0.4) is 0 Å². The molecule has 0 radical (unpaired) electrons. The van der Waals surface area contributed by atoms with Crippen molar-refractivity contribution in [1.82, 2.24) is 4.90 Å². The zero-order valence-corrected chi connectivity index (χ0v) is 13.9. The molecule has 0 aromatic heterocycles. The van der Waals surface area contributed by atoms with Crippen LogP contribution in [0.25, 0.3) is 5.32 Å². The number of rotatable bonds is 4. The van der Waals surface area contributed by atoms with E-state index < -0.39 is 0 Å². The SMILES string of the molecule is C[N-]C(C)(C)C(C)(C)N(C)C(C)(C)C(C)(C)C. The van der Waals surface area contributed by atoms with Crippen molar-refractivity contribution in [2.24, 2.45) is 5.41 Å². The molecule has 2 nitrogen and oxygen atoms in total. The monoisotopic (exact) mass is 241 g/mol.